The van der Waals surface area contributed by atoms with E-state index in [4.69, 9.17) is 4.52 Å². The Morgan fingerprint density at radius 1 is 1.18 bits per heavy atom. The molecule has 3 nitrogen and oxygen atoms in total. The third kappa shape index (κ3) is 2.41. The zero-order chi connectivity index (χ0) is 12.6. The second-order valence-electron chi connectivity index (χ2n) is 4.88. The first-order valence-corrected chi connectivity index (χ1v) is 6.75. The molecule has 2 heterocycles. The fraction of sp³-hybridized carbons (Fsp3) is 0.538. The normalized spacial score (nSPS) is 11.7. The lowest BCUT2D eigenvalue weighted by Crippen LogP contribution is -1.91. The fourth-order valence-corrected chi connectivity index (χ4v) is 3.08. The molecule has 0 saturated carbocycles. The molecular weight excluding hydrogens is 232 g/mol. The van der Waals surface area contributed by atoms with Crippen LogP contribution < -0.4 is 0 Å². The summed E-state index contributed by atoms with van der Waals surface area (Å²) in [7, 11) is 0. The quantitative estimate of drug-likeness (QED) is 0.812. The zero-order valence-electron chi connectivity index (χ0n) is 10.9. The summed E-state index contributed by atoms with van der Waals surface area (Å²) in [6.07, 6.45) is 0. The number of hydrogen-bond donors (Lipinski definition) is 0. The molecule has 0 aromatic carbocycles. The second-order valence-corrected chi connectivity index (χ2v) is 5.96. The molecule has 17 heavy (non-hydrogen) atoms. The molecule has 0 atom stereocenters. The van der Waals surface area contributed by atoms with Crippen molar-refractivity contribution in [2.45, 2.75) is 46.5 Å². The molecule has 0 radical (unpaired) electrons. The molecule has 2 rings (SSSR count). The predicted octanol–water partition coefficient (Wildman–Crippen LogP) is 4.35. The van der Waals surface area contributed by atoms with Crippen molar-refractivity contribution in [1.82, 2.24) is 10.1 Å². The number of thiophene rings is 1. The summed E-state index contributed by atoms with van der Waals surface area (Å²) in [6.45, 7) is 10.7. The van der Waals surface area contributed by atoms with Crippen LogP contribution in [0.2, 0.25) is 0 Å². The summed E-state index contributed by atoms with van der Waals surface area (Å²) in [5.41, 5.74) is 1.41. The molecule has 0 aliphatic rings. The third-order valence-electron chi connectivity index (χ3n) is 2.69. The lowest BCUT2D eigenvalue weighted by atomic mass is 9.99. The van der Waals surface area contributed by atoms with Crippen LogP contribution in [0.1, 0.15) is 55.9 Å². The molecule has 0 N–H and O–H groups in total. The van der Waals surface area contributed by atoms with Crippen molar-refractivity contribution < 1.29 is 4.52 Å². The summed E-state index contributed by atoms with van der Waals surface area (Å²) >= 11 is 1.78. The van der Waals surface area contributed by atoms with Gasteiger partial charge in [0.25, 0.3) is 0 Å². The van der Waals surface area contributed by atoms with Gasteiger partial charge in [-0.3, -0.25) is 0 Å². The minimum atomic E-state index is 0.533. The first-order chi connectivity index (χ1) is 7.99. The minimum Gasteiger partial charge on any atom is -0.339 e. The van der Waals surface area contributed by atoms with Crippen LogP contribution in [0.3, 0.4) is 0 Å². The summed E-state index contributed by atoms with van der Waals surface area (Å²) in [5.74, 6) is 2.40. The SMILES string of the molecule is Cc1nc(-c2cc(C(C)C)c(C(C)C)s2)no1. The summed E-state index contributed by atoms with van der Waals surface area (Å²) in [6, 6.07) is 2.20. The molecule has 0 unspecified atom stereocenters. The van der Waals surface area contributed by atoms with Gasteiger partial charge in [-0.2, -0.15) is 4.98 Å². The Bertz CT molecular complexity index is 486. The highest BCUT2D eigenvalue weighted by Crippen LogP contribution is 2.37. The van der Waals surface area contributed by atoms with Gasteiger partial charge in [0.05, 0.1) is 4.88 Å². The van der Waals surface area contributed by atoms with Gasteiger partial charge in [0.15, 0.2) is 0 Å². The van der Waals surface area contributed by atoms with Crippen molar-refractivity contribution in [3.8, 4) is 10.7 Å². The first-order valence-electron chi connectivity index (χ1n) is 5.93. The standard InChI is InChI=1S/C13H18N2OS/c1-7(2)10-6-11(17-12(10)8(3)4)13-14-9(5)16-15-13/h6-8H,1-5H3. The van der Waals surface area contributed by atoms with E-state index in [9.17, 15) is 0 Å². The second kappa shape index (κ2) is 4.61. The van der Waals surface area contributed by atoms with E-state index < -0.39 is 0 Å². The van der Waals surface area contributed by atoms with Gasteiger partial charge in [0, 0.05) is 11.8 Å². The average molecular weight is 250 g/mol. The van der Waals surface area contributed by atoms with E-state index in [0.29, 0.717) is 23.6 Å². The number of aromatic nitrogens is 2. The van der Waals surface area contributed by atoms with Gasteiger partial charge in [-0.25, -0.2) is 0 Å². The Balaban J connectivity index is 2.47. The highest BCUT2D eigenvalue weighted by atomic mass is 32.1. The molecule has 0 aliphatic carbocycles. The van der Waals surface area contributed by atoms with Crippen molar-refractivity contribution in [3.05, 3.63) is 22.4 Å². The predicted molar refractivity (Wildman–Crippen MR) is 70.5 cm³/mol. The molecule has 0 fully saturated rings. The number of rotatable bonds is 3. The Labute approximate surface area is 106 Å². The monoisotopic (exact) mass is 250 g/mol. The summed E-state index contributed by atoms with van der Waals surface area (Å²) in [5, 5.41) is 3.98. The van der Waals surface area contributed by atoms with Crippen molar-refractivity contribution in [3.63, 3.8) is 0 Å². The van der Waals surface area contributed by atoms with Crippen LogP contribution in [0.25, 0.3) is 10.7 Å². The smallest absolute Gasteiger partial charge is 0.223 e. The molecule has 2 aromatic rings. The van der Waals surface area contributed by atoms with Crippen LogP contribution in [-0.4, -0.2) is 10.1 Å². The molecule has 4 heteroatoms. The van der Waals surface area contributed by atoms with Crippen LogP contribution in [0, 0.1) is 6.92 Å². The highest BCUT2D eigenvalue weighted by molar-refractivity contribution is 7.15. The first kappa shape index (κ1) is 12.3. The average Bonchev–Trinajstić information content (AvgIpc) is 2.82. The zero-order valence-corrected chi connectivity index (χ0v) is 11.8. The van der Waals surface area contributed by atoms with Gasteiger partial charge in [-0.1, -0.05) is 32.9 Å². The van der Waals surface area contributed by atoms with E-state index in [1.165, 1.54) is 10.4 Å². The van der Waals surface area contributed by atoms with Gasteiger partial charge in [0.2, 0.25) is 11.7 Å². The van der Waals surface area contributed by atoms with Crippen LogP contribution in [0.5, 0.6) is 0 Å². The van der Waals surface area contributed by atoms with Crippen LogP contribution >= 0.6 is 11.3 Å². The molecule has 0 saturated heterocycles. The van der Waals surface area contributed by atoms with Gasteiger partial charge in [0.1, 0.15) is 0 Å². The molecule has 0 amide bonds. The molecule has 0 aliphatic heterocycles. The Kier molecular flexibility index (Phi) is 3.33. The minimum absolute atomic E-state index is 0.533. The molecule has 0 bridgehead atoms. The number of aryl methyl sites for hydroxylation is 1. The third-order valence-corrected chi connectivity index (χ3v) is 4.13. The Hall–Kier alpha value is -1.16. The highest BCUT2D eigenvalue weighted by Gasteiger charge is 2.17. The summed E-state index contributed by atoms with van der Waals surface area (Å²) < 4.78 is 5.03. The van der Waals surface area contributed by atoms with E-state index in [1.807, 2.05) is 6.92 Å². The summed E-state index contributed by atoms with van der Waals surface area (Å²) in [4.78, 5) is 6.82. The van der Waals surface area contributed by atoms with E-state index in [1.54, 1.807) is 11.3 Å². The number of hydrogen-bond acceptors (Lipinski definition) is 4. The van der Waals surface area contributed by atoms with Crippen LogP contribution in [0.4, 0.5) is 0 Å². The maximum absolute atomic E-state index is 5.03. The van der Waals surface area contributed by atoms with E-state index in [2.05, 4.69) is 43.9 Å². The molecule has 0 spiro atoms. The lowest BCUT2D eigenvalue weighted by molar-refractivity contribution is 0.394. The van der Waals surface area contributed by atoms with E-state index in [-0.39, 0.29) is 0 Å². The number of nitrogens with zero attached hydrogens (tertiary/aromatic N) is 2. The van der Waals surface area contributed by atoms with Gasteiger partial charge >= 0.3 is 0 Å². The molecule has 2 aromatic heterocycles. The van der Waals surface area contributed by atoms with Gasteiger partial charge in [-0.05, 0) is 23.5 Å². The largest absolute Gasteiger partial charge is 0.339 e. The van der Waals surface area contributed by atoms with E-state index in [0.717, 1.165) is 4.88 Å². The topological polar surface area (TPSA) is 38.9 Å². The Morgan fingerprint density at radius 3 is 2.29 bits per heavy atom. The fourth-order valence-electron chi connectivity index (χ4n) is 1.83. The van der Waals surface area contributed by atoms with Crippen LogP contribution in [-0.2, 0) is 0 Å². The van der Waals surface area contributed by atoms with Crippen molar-refractivity contribution in [2.24, 2.45) is 0 Å². The van der Waals surface area contributed by atoms with Gasteiger partial charge in [-0.15, -0.1) is 11.3 Å². The molecule has 92 valence electrons. The van der Waals surface area contributed by atoms with Crippen LogP contribution in [0.15, 0.2) is 10.6 Å². The van der Waals surface area contributed by atoms with Gasteiger partial charge < -0.3 is 4.52 Å². The van der Waals surface area contributed by atoms with Crippen molar-refractivity contribution in [2.75, 3.05) is 0 Å². The molecular formula is C13H18N2OS. The maximum atomic E-state index is 5.03. The maximum Gasteiger partial charge on any atom is 0.223 e. The van der Waals surface area contributed by atoms with Crippen molar-refractivity contribution in [1.29, 1.82) is 0 Å². The van der Waals surface area contributed by atoms with Crippen molar-refractivity contribution >= 4 is 11.3 Å². The van der Waals surface area contributed by atoms with E-state index >= 15 is 0 Å². The lowest BCUT2D eigenvalue weighted by Gasteiger charge is -2.08. The Morgan fingerprint density at radius 2 is 1.88 bits per heavy atom.